The molecule has 0 aliphatic rings. The molecule has 0 heterocycles. The first-order valence-electron chi connectivity index (χ1n) is 9.98. The van der Waals surface area contributed by atoms with Crippen LogP contribution in [0.5, 0.6) is 0 Å². The lowest BCUT2D eigenvalue weighted by Gasteiger charge is -2.17. The molecule has 0 aromatic carbocycles. The smallest absolute Gasteiger partial charge is 0.122 e. The van der Waals surface area contributed by atoms with E-state index in [-0.39, 0.29) is 0 Å². The van der Waals surface area contributed by atoms with Crippen LogP contribution in [0.2, 0.25) is 0 Å². The van der Waals surface area contributed by atoms with Gasteiger partial charge in [-0.3, -0.25) is 0 Å². The maximum atomic E-state index is 12.6. The van der Waals surface area contributed by atoms with Gasteiger partial charge in [0, 0.05) is 18.5 Å². The highest BCUT2D eigenvalue weighted by molar-refractivity contribution is 7.86. The second-order valence-electron chi connectivity index (χ2n) is 6.90. The predicted octanol–water partition coefficient (Wildman–Crippen LogP) is 6.47. The monoisotopic (exact) mass is 355 g/mol. The molecular weight excluding hydrogens is 314 g/mol. The first-order chi connectivity index (χ1) is 11.5. The lowest BCUT2D eigenvalue weighted by atomic mass is 9.97. The lowest BCUT2D eigenvalue weighted by Crippen LogP contribution is -2.23. The minimum absolute atomic E-state index is 0.648. The third kappa shape index (κ3) is 10.5. The summed E-state index contributed by atoms with van der Waals surface area (Å²) < 4.78 is 14.5. The summed E-state index contributed by atoms with van der Waals surface area (Å²) in [5.41, 5.74) is 0. The van der Waals surface area contributed by atoms with Gasteiger partial charge in [-0.25, -0.2) is 8.51 Å². The van der Waals surface area contributed by atoms with E-state index >= 15 is 0 Å². The van der Waals surface area contributed by atoms with E-state index in [9.17, 15) is 4.21 Å². The fraction of sp³-hybridized carbons (Fsp3) is 0.810. The molecule has 0 aromatic heterocycles. The third-order valence-corrected chi connectivity index (χ3v) is 6.41. The molecule has 3 atom stereocenters. The molecule has 0 bridgehead atoms. The van der Waals surface area contributed by atoms with Crippen molar-refractivity contribution >= 4 is 11.0 Å². The molecule has 0 saturated carbocycles. The number of hydrogen-bond acceptors (Lipinski definition) is 1. The number of hydrogen-bond donors (Lipinski definition) is 0. The molecule has 0 amide bonds. The zero-order valence-corrected chi connectivity index (χ0v) is 17.8. The summed E-state index contributed by atoms with van der Waals surface area (Å²) in [5, 5.41) is 0. The van der Waals surface area contributed by atoms with Crippen molar-refractivity contribution in [3.05, 3.63) is 23.1 Å². The van der Waals surface area contributed by atoms with E-state index in [0.717, 1.165) is 49.5 Å². The van der Waals surface area contributed by atoms with Crippen molar-refractivity contribution in [1.29, 1.82) is 0 Å². The molecule has 24 heavy (non-hydrogen) atoms. The van der Waals surface area contributed by atoms with Crippen molar-refractivity contribution < 1.29 is 4.21 Å². The summed E-state index contributed by atoms with van der Waals surface area (Å²) in [6.45, 7) is 12.0. The summed E-state index contributed by atoms with van der Waals surface area (Å²) in [6, 6.07) is 0. The summed E-state index contributed by atoms with van der Waals surface area (Å²) >= 11 is 0. The molecule has 0 fully saturated rings. The van der Waals surface area contributed by atoms with Crippen LogP contribution in [0, 0.1) is 11.8 Å². The van der Waals surface area contributed by atoms with Gasteiger partial charge in [0.05, 0.1) is 0 Å². The van der Waals surface area contributed by atoms with Gasteiger partial charge < -0.3 is 0 Å². The van der Waals surface area contributed by atoms with Crippen LogP contribution in [-0.4, -0.2) is 22.1 Å². The van der Waals surface area contributed by atoms with Gasteiger partial charge in [-0.2, -0.15) is 0 Å². The molecule has 0 rings (SSSR count). The van der Waals surface area contributed by atoms with Crippen LogP contribution in [0.4, 0.5) is 0 Å². The molecule has 0 aliphatic carbocycles. The maximum absolute atomic E-state index is 12.6. The Morgan fingerprint density at radius 3 is 2.42 bits per heavy atom. The van der Waals surface area contributed by atoms with E-state index in [4.69, 9.17) is 0 Å². The molecule has 142 valence electrons. The molecule has 3 unspecified atom stereocenters. The average Bonchev–Trinajstić information content (AvgIpc) is 2.60. The second kappa shape index (κ2) is 14.9. The SMILES string of the molecule is CCCCN(C)S(=O)/C(=C/CCC(C=CCC(C)CC)CC)CC. The Bertz CT molecular complexity index is 389. The first-order valence-corrected chi connectivity index (χ1v) is 11.1. The van der Waals surface area contributed by atoms with E-state index in [1.807, 2.05) is 11.4 Å². The van der Waals surface area contributed by atoms with E-state index in [0.29, 0.717) is 5.92 Å². The van der Waals surface area contributed by atoms with Gasteiger partial charge in [0.15, 0.2) is 0 Å². The van der Waals surface area contributed by atoms with Crippen LogP contribution < -0.4 is 0 Å². The Morgan fingerprint density at radius 2 is 1.88 bits per heavy atom. The van der Waals surface area contributed by atoms with E-state index in [2.05, 4.69) is 52.8 Å². The number of nitrogens with zero attached hydrogens (tertiary/aromatic N) is 1. The Balaban J connectivity index is 4.46. The van der Waals surface area contributed by atoms with Gasteiger partial charge in [0.2, 0.25) is 0 Å². The molecule has 0 spiro atoms. The van der Waals surface area contributed by atoms with E-state index in [1.165, 1.54) is 19.3 Å². The molecular formula is C21H41NOS. The van der Waals surface area contributed by atoms with E-state index in [1.54, 1.807) is 0 Å². The highest BCUT2D eigenvalue weighted by Gasteiger charge is 2.11. The molecule has 2 nitrogen and oxygen atoms in total. The van der Waals surface area contributed by atoms with Gasteiger partial charge in [-0.05, 0) is 50.4 Å². The second-order valence-corrected chi connectivity index (χ2v) is 8.55. The van der Waals surface area contributed by atoms with Crippen molar-refractivity contribution in [2.24, 2.45) is 11.8 Å². The quantitative estimate of drug-likeness (QED) is 0.327. The van der Waals surface area contributed by atoms with Crippen LogP contribution >= 0.6 is 0 Å². The maximum Gasteiger partial charge on any atom is 0.122 e. The van der Waals surface area contributed by atoms with E-state index < -0.39 is 11.0 Å². The van der Waals surface area contributed by atoms with Gasteiger partial charge in [0.25, 0.3) is 0 Å². The molecule has 0 N–H and O–H groups in total. The number of allylic oxidation sites excluding steroid dienone is 4. The van der Waals surface area contributed by atoms with Crippen LogP contribution in [0.3, 0.4) is 0 Å². The van der Waals surface area contributed by atoms with Gasteiger partial charge in [-0.15, -0.1) is 0 Å². The molecule has 0 aliphatic heterocycles. The van der Waals surface area contributed by atoms with Crippen molar-refractivity contribution in [1.82, 2.24) is 4.31 Å². The number of unbranched alkanes of at least 4 members (excludes halogenated alkanes) is 1. The van der Waals surface area contributed by atoms with Gasteiger partial charge >= 0.3 is 0 Å². The van der Waals surface area contributed by atoms with Crippen LogP contribution in [0.25, 0.3) is 0 Å². The largest absolute Gasteiger partial charge is 0.238 e. The Hall–Kier alpha value is -0.410. The van der Waals surface area contributed by atoms with Crippen LogP contribution in [0.1, 0.15) is 86.0 Å². The van der Waals surface area contributed by atoms with Crippen molar-refractivity contribution in [2.45, 2.75) is 86.0 Å². The van der Waals surface area contributed by atoms with Crippen LogP contribution in [0.15, 0.2) is 23.1 Å². The standard InChI is InChI=1S/C21H41NOS/c1-7-11-18-22(6)24(23)21(10-4)17-13-16-20(9-3)15-12-14-19(5)8-2/h12,15,17,19-20H,7-11,13-14,16,18H2,1-6H3/b15-12?,21-17+. The first kappa shape index (κ1) is 23.6. The third-order valence-electron chi connectivity index (χ3n) is 4.76. The Labute approximate surface area is 154 Å². The summed E-state index contributed by atoms with van der Waals surface area (Å²) in [7, 11) is 1.02. The van der Waals surface area contributed by atoms with Crippen molar-refractivity contribution in [3.8, 4) is 0 Å². The summed E-state index contributed by atoms with van der Waals surface area (Å²) in [6.07, 6.45) is 15.9. The minimum Gasteiger partial charge on any atom is -0.238 e. The molecule has 3 heteroatoms. The van der Waals surface area contributed by atoms with Gasteiger partial charge in [0.1, 0.15) is 11.0 Å². The zero-order chi connectivity index (χ0) is 18.4. The summed E-state index contributed by atoms with van der Waals surface area (Å²) in [4.78, 5) is 1.09. The van der Waals surface area contributed by atoms with Crippen molar-refractivity contribution in [3.63, 3.8) is 0 Å². The van der Waals surface area contributed by atoms with Crippen molar-refractivity contribution in [2.75, 3.05) is 13.6 Å². The molecule has 0 aromatic rings. The predicted molar refractivity (Wildman–Crippen MR) is 110 cm³/mol. The highest BCUT2D eigenvalue weighted by Crippen LogP contribution is 2.18. The Morgan fingerprint density at radius 1 is 1.17 bits per heavy atom. The molecule has 0 radical (unpaired) electrons. The average molecular weight is 356 g/mol. The highest BCUT2D eigenvalue weighted by atomic mass is 32.2. The molecule has 0 saturated heterocycles. The fourth-order valence-electron chi connectivity index (χ4n) is 2.57. The number of rotatable bonds is 14. The minimum atomic E-state index is -0.957. The topological polar surface area (TPSA) is 20.3 Å². The van der Waals surface area contributed by atoms with Gasteiger partial charge in [-0.1, -0.05) is 65.7 Å². The normalized spacial score (nSPS) is 16.7. The summed E-state index contributed by atoms with van der Waals surface area (Å²) in [5.74, 6) is 1.43. The zero-order valence-electron chi connectivity index (χ0n) is 17.0. The Kier molecular flexibility index (Phi) is 14.6. The fourth-order valence-corrected chi connectivity index (χ4v) is 3.77. The lowest BCUT2D eigenvalue weighted by molar-refractivity contribution is 0.506. The van der Waals surface area contributed by atoms with Crippen LogP contribution in [-0.2, 0) is 11.0 Å².